The molecule has 1 aliphatic carbocycles. The van der Waals surface area contributed by atoms with Crippen LogP contribution in [-0.4, -0.2) is 45.7 Å². The molecule has 0 N–H and O–H groups in total. The molecule has 0 amide bonds. The van der Waals surface area contributed by atoms with E-state index in [1.165, 1.54) is 16.6 Å². The molecule has 2 aromatic heterocycles. The van der Waals surface area contributed by atoms with Gasteiger partial charge in [0, 0.05) is 13.1 Å². The first-order valence-corrected chi connectivity index (χ1v) is 9.51. The first kappa shape index (κ1) is 16.6. The van der Waals surface area contributed by atoms with Gasteiger partial charge in [-0.2, -0.15) is 0 Å². The van der Waals surface area contributed by atoms with Crippen LogP contribution in [0.1, 0.15) is 27.2 Å². The Balaban J connectivity index is 2.08. The van der Waals surface area contributed by atoms with Crippen molar-refractivity contribution < 1.29 is 8.42 Å². The van der Waals surface area contributed by atoms with Crippen molar-refractivity contribution in [1.29, 1.82) is 0 Å². The Morgan fingerprint density at radius 2 is 2.00 bits per heavy atom. The monoisotopic (exact) mass is 347 g/mol. The largest absolute Gasteiger partial charge is 0.355 e. The van der Waals surface area contributed by atoms with Crippen molar-refractivity contribution in [3.8, 4) is 0 Å². The second kappa shape index (κ2) is 6.35. The van der Waals surface area contributed by atoms with Crippen LogP contribution in [0, 0.1) is 0 Å². The number of rotatable bonds is 5. The lowest BCUT2D eigenvalue weighted by Gasteiger charge is -2.20. The SMILES string of the molecule is CCN(CC)c1ncnc2c1ncn2S(=O)(=O)C1C=CC(C)=CC1. The molecule has 1 aliphatic rings. The Kier molecular flexibility index (Phi) is 4.40. The lowest BCUT2D eigenvalue weighted by atomic mass is 10.1. The first-order valence-electron chi connectivity index (χ1n) is 8.01. The summed E-state index contributed by atoms with van der Waals surface area (Å²) in [6, 6.07) is 0. The summed E-state index contributed by atoms with van der Waals surface area (Å²) in [5, 5.41) is -0.606. The number of imidazole rings is 1. The van der Waals surface area contributed by atoms with Crippen LogP contribution in [0.5, 0.6) is 0 Å². The molecule has 0 saturated carbocycles. The minimum atomic E-state index is -3.61. The van der Waals surface area contributed by atoms with E-state index in [4.69, 9.17) is 0 Å². The molecule has 0 fully saturated rings. The van der Waals surface area contributed by atoms with E-state index >= 15 is 0 Å². The molecule has 24 heavy (non-hydrogen) atoms. The van der Waals surface area contributed by atoms with Crippen LogP contribution in [0.4, 0.5) is 5.82 Å². The van der Waals surface area contributed by atoms with Gasteiger partial charge in [0.1, 0.15) is 17.9 Å². The van der Waals surface area contributed by atoms with Crippen LogP contribution in [0.3, 0.4) is 0 Å². The van der Waals surface area contributed by atoms with Crippen LogP contribution in [0.25, 0.3) is 11.2 Å². The Morgan fingerprint density at radius 1 is 1.25 bits per heavy atom. The van der Waals surface area contributed by atoms with Crippen LogP contribution < -0.4 is 4.90 Å². The maximum atomic E-state index is 13.0. The summed E-state index contributed by atoms with van der Waals surface area (Å²) in [5.74, 6) is 0.661. The molecule has 0 bridgehead atoms. The molecule has 0 aromatic carbocycles. The highest BCUT2D eigenvalue weighted by atomic mass is 32.2. The topological polar surface area (TPSA) is 81.0 Å². The van der Waals surface area contributed by atoms with Crippen molar-refractivity contribution in [3.05, 3.63) is 36.5 Å². The highest BCUT2D eigenvalue weighted by Gasteiger charge is 2.28. The third kappa shape index (κ3) is 2.71. The van der Waals surface area contributed by atoms with E-state index in [0.29, 0.717) is 23.4 Å². The molecule has 1 unspecified atom stereocenters. The predicted octanol–water partition coefficient (Wildman–Crippen LogP) is 2.13. The molecule has 0 radical (unpaired) electrons. The number of hydrogen-bond donors (Lipinski definition) is 0. The van der Waals surface area contributed by atoms with Crippen molar-refractivity contribution >= 4 is 27.0 Å². The van der Waals surface area contributed by atoms with Gasteiger partial charge in [-0.05, 0) is 27.2 Å². The Labute approximate surface area is 141 Å². The number of fused-ring (bicyclic) bond motifs is 1. The molecule has 0 spiro atoms. The third-order valence-electron chi connectivity index (χ3n) is 4.25. The van der Waals surface area contributed by atoms with Crippen LogP contribution in [-0.2, 0) is 10.0 Å². The van der Waals surface area contributed by atoms with Gasteiger partial charge < -0.3 is 4.90 Å². The highest BCUT2D eigenvalue weighted by molar-refractivity contribution is 7.90. The second-order valence-electron chi connectivity index (χ2n) is 5.71. The molecule has 128 valence electrons. The summed E-state index contributed by atoms with van der Waals surface area (Å²) >= 11 is 0. The fourth-order valence-corrected chi connectivity index (χ4v) is 4.28. The van der Waals surface area contributed by atoms with Gasteiger partial charge in [0.15, 0.2) is 17.0 Å². The van der Waals surface area contributed by atoms with Gasteiger partial charge in [0.2, 0.25) is 10.0 Å². The molecular weight excluding hydrogens is 326 g/mol. The molecule has 0 aliphatic heterocycles. The summed E-state index contributed by atoms with van der Waals surface area (Å²) < 4.78 is 27.1. The van der Waals surface area contributed by atoms with Crippen molar-refractivity contribution in [2.24, 2.45) is 0 Å². The lowest BCUT2D eigenvalue weighted by Crippen LogP contribution is -2.27. The molecule has 2 heterocycles. The minimum absolute atomic E-state index is 0.326. The van der Waals surface area contributed by atoms with Gasteiger partial charge in [-0.15, -0.1) is 0 Å². The molecule has 8 heteroatoms. The first-order chi connectivity index (χ1) is 11.5. The fourth-order valence-electron chi connectivity index (χ4n) is 2.82. The van der Waals surface area contributed by atoms with Crippen molar-refractivity contribution in [2.45, 2.75) is 32.4 Å². The number of aromatic nitrogens is 4. The van der Waals surface area contributed by atoms with E-state index in [-0.39, 0.29) is 0 Å². The van der Waals surface area contributed by atoms with Gasteiger partial charge in [0.25, 0.3) is 0 Å². The molecule has 3 rings (SSSR count). The minimum Gasteiger partial charge on any atom is -0.355 e. The zero-order valence-corrected chi connectivity index (χ0v) is 14.9. The average molecular weight is 347 g/mol. The molecule has 2 aromatic rings. The van der Waals surface area contributed by atoms with E-state index < -0.39 is 15.3 Å². The summed E-state index contributed by atoms with van der Waals surface area (Å²) in [6.45, 7) is 7.52. The Morgan fingerprint density at radius 3 is 2.62 bits per heavy atom. The van der Waals surface area contributed by atoms with Gasteiger partial charge in [0.05, 0.1) is 0 Å². The van der Waals surface area contributed by atoms with Crippen LogP contribution in [0.15, 0.2) is 36.5 Å². The maximum absolute atomic E-state index is 13.0. The van der Waals surface area contributed by atoms with E-state index in [1.54, 1.807) is 6.08 Å². The Hall–Kier alpha value is -2.22. The zero-order chi connectivity index (χ0) is 17.3. The highest BCUT2D eigenvalue weighted by Crippen LogP contribution is 2.25. The molecular formula is C16H21N5O2S. The summed E-state index contributed by atoms with van der Waals surface area (Å²) in [5.41, 5.74) is 1.91. The predicted molar refractivity (Wildman–Crippen MR) is 94.5 cm³/mol. The molecule has 7 nitrogen and oxygen atoms in total. The van der Waals surface area contributed by atoms with Crippen LogP contribution in [0.2, 0.25) is 0 Å². The molecule has 1 atom stereocenters. The molecule has 0 saturated heterocycles. The van der Waals surface area contributed by atoms with Crippen molar-refractivity contribution in [1.82, 2.24) is 18.9 Å². The van der Waals surface area contributed by atoms with Gasteiger partial charge in [-0.1, -0.05) is 23.8 Å². The van der Waals surface area contributed by atoms with Gasteiger partial charge in [-0.25, -0.2) is 27.3 Å². The lowest BCUT2D eigenvalue weighted by molar-refractivity contribution is 0.580. The second-order valence-corrected chi connectivity index (χ2v) is 7.74. The van der Waals surface area contributed by atoms with E-state index in [0.717, 1.165) is 18.7 Å². The maximum Gasteiger partial charge on any atom is 0.248 e. The third-order valence-corrected chi connectivity index (χ3v) is 6.18. The van der Waals surface area contributed by atoms with Crippen LogP contribution >= 0.6 is 0 Å². The Bertz CT molecular complexity index is 910. The quantitative estimate of drug-likeness (QED) is 0.824. The standard InChI is InChI=1S/C16H21N5O2S/c1-4-20(5-2)15-14-16(18-10-17-15)21(11-19-14)24(22,23)13-8-6-12(3)7-9-13/h6-8,10-11,13H,4-5,9H2,1-3H3. The van der Waals surface area contributed by atoms with E-state index in [1.807, 2.05) is 37.8 Å². The van der Waals surface area contributed by atoms with E-state index in [9.17, 15) is 8.42 Å². The number of allylic oxidation sites excluding steroid dienone is 3. The summed E-state index contributed by atoms with van der Waals surface area (Å²) in [4.78, 5) is 14.8. The number of nitrogens with zero attached hydrogens (tertiary/aromatic N) is 5. The van der Waals surface area contributed by atoms with E-state index in [2.05, 4.69) is 15.0 Å². The summed E-state index contributed by atoms with van der Waals surface area (Å²) in [6.07, 6.45) is 8.67. The normalized spacial score (nSPS) is 18.0. The smallest absolute Gasteiger partial charge is 0.248 e. The average Bonchev–Trinajstić information content (AvgIpc) is 3.02. The van der Waals surface area contributed by atoms with Gasteiger partial charge in [-0.3, -0.25) is 0 Å². The number of anilines is 1. The summed E-state index contributed by atoms with van der Waals surface area (Å²) in [7, 11) is -3.61. The zero-order valence-electron chi connectivity index (χ0n) is 14.0. The van der Waals surface area contributed by atoms with Crippen molar-refractivity contribution in [2.75, 3.05) is 18.0 Å². The van der Waals surface area contributed by atoms with Gasteiger partial charge >= 0.3 is 0 Å². The number of hydrogen-bond acceptors (Lipinski definition) is 6. The fraction of sp³-hybridized carbons (Fsp3) is 0.438. The van der Waals surface area contributed by atoms with Crippen molar-refractivity contribution in [3.63, 3.8) is 0 Å².